The van der Waals surface area contributed by atoms with Gasteiger partial charge in [0.15, 0.2) is 0 Å². The minimum Gasteiger partial charge on any atom is -0.497 e. The number of nitrogens with one attached hydrogen (secondary N) is 1. The smallest absolute Gasteiger partial charge is 0.224 e. The van der Waals surface area contributed by atoms with Crippen LogP contribution in [-0.2, 0) is 11.2 Å². The quantitative estimate of drug-likeness (QED) is 0.806. The summed E-state index contributed by atoms with van der Waals surface area (Å²) in [5.41, 5.74) is 2.07. The summed E-state index contributed by atoms with van der Waals surface area (Å²) in [7, 11) is 3.21. The van der Waals surface area contributed by atoms with Crippen molar-refractivity contribution in [2.45, 2.75) is 25.7 Å². The lowest BCUT2D eigenvalue weighted by Gasteiger charge is -2.17. The Morgan fingerprint density at radius 2 is 1.83 bits per heavy atom. The first-order valence-corrected chi connectivity index (χ1v) is 8.20. The fourth-order valence-electron chi connectivity index (χ4n) is 2.72. The Morgan fingerprint density at radius 3 is 2.46 bits per heavy atom. The highest BCUT2D eigenvalue weighted by molar-refractivity contribution is 5.79. The van der Waals surface area contributed by atoms with Gasteiger partial charge >= 0.3 is 0 Å². The molecule has 0 heterocycles. The molecule has 24 heavy (non-hydrogen) atoms. The molecule has 0 aromatic heterocycles. The number of hydrogen-bond acceptors (Lipinski definition) is 3. The average molecular weight is 327 g/mol. The SMILES string of the molecule is CCC(CNC(=O)Cc1cc(OC)ccc1OC)c1ccccc1. The molecule has 0 saturated carbocycles. The zero-order valence-corrected chi connectivity index (χ0v) is 14.5. The van der Waals surface area contributed by atoms with Crippen molar-refractivity contribution in [2.75, 3.05) is 20.8 Å². The molecule has 0 spiro atoms. The second kappa shape index (κ2) is 8.96. The van der Waals surface area contributed by atoms with E-state index in [0.717, 1.165) is 12.0 Å². The van der Waals surface area contributed by atoms with Crippen molar-refractivity contribution in [2.24, 2.45) is 0 Å². The summed E-state index contributed by atoms with van der Waals surface area (Å²) in [6, 6.07) is 15.7. The van der Waals surface area contributed by atoms with E-state index in [-0.39, 0.29) is 12.3 Å². The zero-order valence-electron chi connectivity index (χ0n) is 14.5. The first kappa shape index (κ1) is 17.9. The van der Waals surface area contributed by atoms with Gasteiger partial charge in [-0.05, 0) is 30.2 Å². The van der Waals surface area contributed by atoms with Crippen LogP contribution in [0.4, 0.5) is 0 Å². The summed E-state index contributed by atoms with van der Waals surface area (Å²) in [5.74, 6) is 1.72. The van der Waals surface area contributed by atoms with Gasteiger partial charge < -0.3 is 14.8 Å². The normalized spacial score (nSPS) is 11.6. The molecule has 0 aliphatic heterocycles. The summed E-state index contributed by atoms with van der Waals surface area (Å²) in [6.45, 7) is 2.76. The summed E-state index contributed by atoms with van der Waals surface area (Å²) in [5, 5.41) is 3.03. The summed E-state index contributed by atoms with van der Waals surface area (Å²) in [4.78, 5) is 12.3. The van der Waals surface area contributed by atoms with Crippen LogP contribution in [0.25, 0.3) is 0 Å². The van der Waals surface area contributed by atoms with Crippen LogP contribution in [0, 0.1) is 0 Å². The van der Waals surface area contributed by atoms with E-state index in [9.17, 15) is 4.79 Å². The topological polar surface area (TPSA) is 47.6 Å². The van der Waals surface area contributed by atoms with Gasteiger partial charge in [-0.25, -0.2) is 0 Å². The molecule has 2 rings (SSSR count). The average Bonchev–Trinajstić information content (AvgIpc) is 2.63. The highest BCUT2D eigenvalue weighted by Gasteiger charge is 2.13. The van der Waals surface area contributed by atoms with E-state index in [1.54, 1.807) is 14.2 Å². The van der Waals surface area contributed by atoms with Gasteiger partial charge in [-0.3, -0.25) is 4.79 Å². The van der Waals surface area contributed by atoms with E-state index < -0.39 is 0 Å². The molecule has 0 radical (unpaired) electrons. The molecular weight excluding hydrogens is 302 g/mol. The van der Waals surface area contributed by atoms with Crippen LogP contribution in [0.1, 0.15) is 30.4 Å². The Morgan fingerprint density at radius 1 is 1.08 bits per heavy atom. The first-order chi connectivity index (χ1) is 11.7. The number of carbonyl (C=O) groups excluding carboxylic acids is 1. The van der Waals surface area contributed by atoms with Crippen molar-refractivity contribution >= 4 is 5.91 Å². The molecule has 1 N–H and O–H groups in total. The highest BCUT2D eigenvalue weighted by Crippen LogP contribution is 2.24. The van der Waals surface area contributed by atoms with Gasteiger partial charge in [0.2, 0.25) is 5.91 Å². The predicted molar refractivity (Wildman–Crippen MR) is 95.7 cm³/mol. The number of rotatable bonds is 8. The lowest BCUT2D eigenvalue weighted by molar-refractivity contribution is -0.120. The predicted octanol–water partition coefficient (Wildman–Crippen LogP) is 3.56. The molecule has 1 unspecified atom stereocenters. The van der Waals surface area contributed by atoms with Crippen LogP contribution in [0.15, 0.2) is 48.5 Å². The minimum absolute atomic E-state index is 0.0177. The van der Waals surface area contributed by atoms with E-state index >= 15 is 0 Å². The van der Waals surface area contributed by atoms with Crippen LogP contribution < -0.4 is 14.8 Å². The maximum absolute atomic E-state index is 12.3. The lowest BCUT2D eigenvalue weighted by Crippen LogP contribution is -2.29. The number of methoxy groups -OCH3 is 2. The molecule has 1 amide bonds. The second-order valence-corrected chi connectivity index (χ2v) is 5.67. The molecule has 0 bridgehead atoms. The molecule has 128 valence electrons. The van der Waals surface area contributed by atoms with Gasteiger partial charge in [0.1, 0.15) is 11.5 Å². The van der Waals surface area contributed by atoms with Crippen molar-refractivity contribution < 1.29 is 14.3 Å². The van der Waals surface area contributed by atoms with E-state index in [1.165, 1.54) is 5.56 Å². The Kier molecular flexibility index (Phi) is 6.67. The fourth-order valence-corrected chi connectivity index (χ4v) is 2.72. The largest absolute Gasteiger partial charge is 0.497 e. The summed E-state index contributed by atoms with van der Waals surface area (Å²) >= 11 is 0. The third kappa shape index (κ3) is 4.75. The molecule has 0 aliphatic carbocycles. The van der Waals surface area contributed by atoms with Crippen molar-refractivity contribution in [1.29, 1.82) is 0 Å². The van der Waals surface area contributed by atoms with Gasteiger partial charge in [0, 0.05) is 18.0 Å². The number of hydrogen-bond donors (Lipinski definition) is 1. The molecule has 2 aromatic carbocycles. The van der Waals surface area contributed by atoms with Crippen molar-refractivity contribution in [3.05, 3.63) is 59.7 Å². The minimum atomic E-state index is -0.0177. The Labute approximate surface area is 143 Å². The van der Waals surface area contributed by atoms with Crippen LogP contribution >= 0.6 is 0 Å². The van der Waals surface area contributed by atoms with Gasteiger partial charge in [-0.2, -0.15) is 0 Å². The molecule has 2 aromatic rings. The molecular formula is C20H25NO3. The third-order valence-electron chi connectivity index (χ3n) is 4.15. The van der Waals surface area contributed by atoms with E-state index in [4.69, 9.17) is 9.47 Å². The molecule has 0 aliphatic rings. The van der Waals surface area contributed by atoms with Crippen molar-refractivity contribution in [1.82, 2.24) is 5.32 Å². The Balaban J connectivity index is 1.98. The van der Waals surface area contributed by atoms with Crippen LogP contribution in [0.3, 0.4) is 0 Å². The molecule has 1 atom stereocenters. The lowest BCUT2D eigenvalue weighted by atomic mass is 9.96. The number of amides is 1. The van der Waals surface area contributed by atoms with Gasteiger partial charge in [0.25, 0.3) is 0 Å². The third-order valence-corrected chi connectivity index (χ3v) is 4.15. The molecule has 0 saturated heterocycles. The molecule has 4 nitrogen and oxygen atoms in total. The van der Waals surface area contributed by atoms with Crippen LogP contribution in [0.5, 0.6) is 11.5 Å². The van der Waals surface area contributed by atoms with E-state index in [1.807, 2.05) is 36.4 Å². The zero-order chi connectivity index (χ0) is 17.4. The Bertz CT molecular complexity index is 655. The van der Waals surface area contributed by atoms with Crippen molar-refractivity contribution in [3.8, 4) is 11.5 Å². The van der Waals surface area contributed by atoms with E-state index in [2.05, 4.69) is 24.4 Å². The number of carbonyl (C=O) groups is 1. The summed E-state index contributed by atoms with van der Waals surface area (Å²) < 4.78 is 10.5. The molecule has 4 heteroatoms. The fraction of sp³-hybridized carbons (Fsp3) is 0.350. The summed E-state index contributed by atoms with van der Waals surface area (Å²) in [6.07, 6.45) is 1.25. The van der Waals surface area contributed by atoms with Gasteiger partial charge in [-0.15, -0.1) is 0 Å². The highest BCUT2D eigenvalue weighted by atomic mass is 16.5. The Hall–Kier alpha value is -2.49. The maximum atomic E-state index is 12.3. The first-order valence-electron chi connectivity index (χ1n) is 8.20. The van der Waals surface area contributed by atoms with Gasteiger partial charge in [-0.1, -0.05) is 37.3 Å². The number of ether oxygens (including phenoxy) is 2. The van der Waals surface area contributed by atoms with Crippen LogP contribution in [-0.4, -0.2) is 26.7 Å². The molecule has 0 fully saturated rings. The standard InChI is InChI=1S/C20H25NO3/c1-4-15(16-8-6-5-7-9-16)14-21-20(22)13-17-12-18(23-2)10-11-19(17)24-3/h5-12,15H,4,13-14H2,1-3H3,(H,21,22). The van der Waals surface area contributed by atoms with Crippen molar-refractivity contribution in [3.63, 3.8) is 0 Å². The van der Waals surface area contributed by atoms with Crippen LogP contribution in [0.2, 0.25) is 0 Å². The monoisotopic (exact) mass is 327 g/mol. The maximum Gasteiger partial charge on any atom is 0.224 e. The second-order valence-electron chi connectivity index (χ2n) is 5.67. The number of benzene rings is 2. The van der Waals surface area contributed by atoms with E-state index in [0.29, 0.717) is 24.0 Å². The van der Waals surface area contributed by atoms with Gasteiger partial charge in [0.05, 0.1) is 20.6 Å².